The average molecular weight is 501 g/mol. The monoisotopic (exact) mass is 500 g/mol. The maximum Gasteiger partial charge on any atom is 0.352 e. The third-order valence-corrected chi connectivity index (χ3v) is 7.39. The van der Waals surface area contributed by atoms with Gasteiger partial charge in [0.15, 0.2) is 0 Å². The van der Waals surface area contributed by atoms with E-state index in [-0.39, 0.29) is 46.3 Å². The van der Waals surface area contributed by atoms with Crippen LogP contribution in [0.25, 0.3) is 6.08 Å². The zero-order valence-electron chi connectivity index (χ0n) is 17.2. The number of β-lactam (4-membered cyclic amide) rings is 1. The van der Waals surface area contributed by atoms with Crippen LogP contribution in [0, 0.1) is 15.0 Å². The number of thioether (sulfide) groups is 1. The summed E-state index contributed by atoms with van der Waals surface area (Å²) in [5, 5.41) is 27.7. The Morgan fingerprint density at radius 3 is 2.76 bits per heavy atom. The van der Waals surface area contributed by atoms with Crippen LogP contribution in [0.3, 0.4) is 0 Å². The number of hydrogen-bond acceptors (Lipinski definition) is 9. The fraction of sp³-hybridized carbons (Fsp3) is 0.190. The molecule has 2 unspecified atom stereocenters. The number of aliphatic carboxylic acids is 1. The van der Waals surface area contributed by atoms with Crippen molar-refractivity contribution in [2.75, 3.05) is 5.75 Å². The number of carbonyl (C=O) groups is 3. The molecule has 0 spiro atoms. The van der Waals surface area contributed by atoms with E-state index < -0.39 is 28.2 Å². The van der Waals surface area contributed by atoms with E-state index in [9.17, 15) is 34.5 Å². The van der Waals surface area contributed by atoms with Gasteiger partial charge in [-0.3, -0.25) is 24.6 Å². The number of carboxylic acids is 1. The summed E-state index contributed by atoms with van der Waals surface area (Å²) in [5.41, 5.74) is -0.264. The lowest BCUT2D eigenvalue weighted by atomic mass is 10.0. The van der Waals surface area contributed by atoms with Crippen LogP contribution in [0.5, 0.6) is 0 Å². The molecule has 2 aliphatic rings. The molecule has 1 aromatic heterocycles. The van der Waals surface area contributed by atoms with Crippen LogP contribution < -0.4 is 5.32 Å². The second-order valence-electron chi connectivity index (χ2n) is 7.31. The zero-order chi connectivity index (χ0) is 24.4. The van der Waals surface area contributed by atoms with Crippen molar-refractivity contribution in [2.45, 2.75) is 17.8 Å². The fourth-order valence-electron chi connectivity index (χ4n) is 3.65. The molecule has 0 saturated carbocycles. The zero-order valence-corrected chi connectivity index (χ0v) is 18.9. The fourth-order valence-corrected chi connectivity index (χ4v) is 5.67. The summed E-state index contributed by atoms with van der Waals surface area (Å²) in [4.78, 5) is 60.3. The molecule has 0 bridgehead atoms. The highest BCUT2D eigenvalue weighted by Gasteiger charge is 2.53. The number of benzene rings is 1. The lowest BCUT2D eigenvalue weighted by Crippen LogP contribution is -2.70. The highest BCUT2D eigenvalue weighted by atomic mass is 32.2. The number of nitro benzene ring substituents is 1. The molecule has 13 heteroatoms. The van der Waals surface area contributed by atoms with Gasteiger partial charge in [0, 0.05) is 16.7 Å². The first-order valence-corrected chi connectivity index (χ1v) is 11.8. The van der Waals surface area contributed by atoms with E-state index in [1.807, 2.05) is 17.5 Å². The topological polar surface area (TPSA) is 159 Å². The van der Waals surface area contributed by atoms with E-state index in [4.69, 9.17) is 0 Å². The van der Waals surface area contributed by atoms with Crippen molar-refractivity contribution in [2.24, 2.45) is 5.18 Å². The Hall–Kier alpha value is -3.84. The Morgan fingerprint density at radius 1 is 1.32 bits per heavy atom. The van der Waals surface area contributed by atoms with Crippen LogP contribution in [-0.4, -0.2) is 49.9 Å². The number of amides is 2. The van der Waals surface area contributed by atoms with Gasteiger partial charge in [0.25, 0.3) is 11.6 Å². The third-order valence-electron chi connectivity index (χ3n) is 5.21. The Labute approximate surface area is 200 Å². The van der Waals surface area contributed by atoms with Gasteiger partial charge >= 0.3 is 5.97 Å². The number of nitroso groups, excluding NO2 is 1. The van der Waals surface area contributed by atoms with E-state index in [1.165, 1.54) is 47.4 Å². The number of carbonyl (C=O) groups excluding carboxylic acids is 2. The van der Waals surface area contributed by atoms with E-state index in [0.29, 0.717) is 0 Å². The minimum Gasteiger partial charge on any atom is -0.477 e. The third kappa shape index (κ3) is 4.47. The molecule has 2 atom stereocenters. The summed E-state index contributed by atoms with van der Waals surface area (Å²) in [6, 6.07) is 6.46. The smallest absolute Gasteiger partial charge is 0.352 e. The van der Waals surface area contributed by atoms with E-state index in [2.05, 4.69) is 10.5 Å². The van der Waals surface area contributed by atoms with Gasteiger partial charge in [-0.1, -0.05) is 12.1 Å². The lowest BCUT2D eigenvalue weighted by molar-refractivity contribution is -0.385. The van der Waals surface area contributed by atoms with Crippen molar-refractivity contribution in [3.05, 3.63) is 78.5 Å². The first-order valence-electron chi connectivity index (χ1n) is 9.83. The Balaban J connectivity index is 1.55. The van der Waals surface area contributed by atoms with Gasteiger partial charge in [-0.2, -0.15) is 0 Å². The second kappa shape index (κ2) is 9.57. The molecule has 0 radical (unpaired) electrons. The highest BCUT2D eigenvalue weighted by Crippen LogP contribution is 2.41. The van der Waals surface area contributed by atoms with Crippen molar-refractivity contribution in [3.8, 4) is 0 Å². The number of nitro groups is 1. The molecule has 2 N–H and O–H groups in total. The number of nitrogens with one attached hydrogen (secondary N) is 1. The van der Waals surface area contributed by atoms with E-state index in [0.717, 1.165) is 15.8 Å². The van der Waals surface area contributed by atoms with Crippen LogP contribution in [0.15, 0.2) is 58.2 Å². The lowest BCUT2D eigenvalue weighted by Gasteiger charge is -2.49. The minimum absolute atomic E-state index is 0.108. The van der Waals surface area contributed by atoms with Gasteiger partial charge in [0.2, 0.25) is 5.91 Å². The van der Waals surface area contributed by atoms with Crippen LogP contribution in [0.4, 0.5) is 11.4 Å². The Morgan fingerprint density at radius 2 is 2.12 bits per heavy atom. The first-order chi connectivity index (χ1) is 16.3. The van der Waals surface area contributed by atoms with Gasteiger partial charge in [0.1, 0.15) is 22.8 Å². The van der Waals surface area contributed by atoms with Crippen LogP contribution in [0.1, 0.15) is 10.4 Å². The SMILES string of the molecule is O=Nc1ccc(/C=C/C2=C(C(=O)O)N3C(=O)C(NC(=O)Cc4cccs4)C3SC2)c([N+](=O)[O-])c1. The largest absolute Gasteiger partial charge is 0.477 e. The predicted octanol–water partition coefficient (Wildman–Crippen LogP) is 3.05. The maximum absolute atomic E-state index is 12.7. The van der Waals surface area contributed by atoms with E-state index in [1.54, 1.807) is 0 Å². The summed E-state index contributed by atoms with van der Waals surface area (Å²) in [5.74, 6) is -1.97. The molecule has 2 amide bonds. The first kappa shape index (κ1) is 23.3. The molecule has 2 aromatic rings. The minimum atomic E-state index is -1.32. The van der Waals surface area contributed by atoms with Gasteiger partial charge in [-0.05, 0) is 40.4 Å². The van der Waals surface area contributed by atoms with Crippen LogP contribution >= 0.6 is 23.1 Å². The molecular formula is C21H16N4O7S2. The number of nitrogens with zero attached hydrogens (tertiary/aromatic N) is 3. The highest BCUT2D eigenvalue weighted by molar-refractivity contribution is 8.00. The Kier molecular flexibility index (Phi) is 6.56. The van der Waals surface area contributed by atoms with Gasteiger partial charge < -0.3 is 10.4 Å². The van der Waals surface area contributed by atoms with E-state index >= 15 is 0 Å². The van der Waals surface area contributed by atoms with Gasteiger partial charge in [0.05, 0.1) is 16.9 Å². The second-order valence-corrected chi connectivity index (χ2v) is 9.45. The molecule has 1 aromatic carbocycles. The normalized spacial score (nSPS) is 19.5. The molecule has 174 valence electrons. The average Bonchev–Trinajstić information content (AvgIpc) is 3.33. The van der Waals surface area contributed by atoms with Gasteiger partial charge in [-0.15, -0.1) is 28.0 Å². The Bertz CT molecular complexity index is 1260. The number of rotatable bonds is 8. The summed E-state index contributed by atoms with van der Waals surface area (Å²) in [6.07, 6.45) is 2.89. The van der Waals surface area contributed by atoms with Crippen molar-refractivity contribution in [1.29, 1.82) is 0 Å². The molecule has 4 rings (SSSR count). The number of allylic oxidation sites excluding steroid dienone is 1. The number of fused-ring (bicyclic) bond motifs is 1. The summed E-state index contributed by atoms with van der Waals surface area (Å²) < 4.78 is 0. The van der Waals surface area contributed by atoms with Crippen LogP contribution in [-0.2, 0) is 20.8 Å². The molecular weight excluding hydrogens is 484 g/mol. The molecule has 2 aliphatic heterocycles. The quantitative estimate of drug-likeness (QED) is 0.242. The summed E-state index contributed by atoms with van der Waals surface area (Å²) in [7, 11) is 0. The molecule has 1 fully saturated rings. The number of thiophene rings is 1. The molecule has 11 nitrogen and oxygen atoms in total. The summed E-state index contributed by atoms with van der Waals surface area (Å²) >= 11 is 2.71. The molecule has 3 heterocycles. The van der Waals surface area contributed by atoms with Crippen molar-refractivity contribution in [1.82, 2.24) is 10.2 Å². The van der Waals surface area contributed by atoms with Crippen molar-refractivity contribution >= 4 is 58.3 Å². The number of hydrogen-bond donors (Lipinski definition) is 2. The molecule has 1 saturated heterocycles. The molecule has 0 aliphatic carbocycles. The standard InChI is InChI=1S/C21H16N4O7S2/c26-16(9-14-2-1-7-33-14)22-17-19(27)24-18(21(28)29)12(10-34-20(17)24)4-3-11-5-6-13(23-30)8-15(11)25(31)32/h1-8,17,20H,9-10H2,(H,22,26)(H,28,29)/b4-3+. The molecule has 34 heavy (non-hydrogen) atoms. The van der Waals surface area contributed by atoms with Crippen LogP contribution in [0.2, 0.25) is 0 Å². The maximum atomic E-state index is 12.7. The predicted molar refractivity (Wildman–Crippen MR) is 125 cm³/mol. The summed E-state index contributed by atoms with van der Waals surface area (Å²) in [6.45, 7) is 0. The van der Waals surface area contributed by atoms with Gasteiger partial charge in [-0.25, -0.2) is 4.79 Å². The van der Waals surface area contributed by atoms with Crippen molar-refractivity contribution in [3.63, 3.8) is 0 Å². The number of carboxylic acid groups (broad SMARTS) is 1. The van der Waals surface area contributed by atoms with Crippen molar-refractivity contribution < 1.29 is 24.4 Å².